The third-order valence-electron chi connectivity index (χ3n) is 4.33. The van der Waals surface area contributed by atoms with Crippen molar-refractivity contribution < 1.29 is 18.9 Å². The molecule has 0 radical (unpaired) electrons. The Morgan fingerprint density at radius 3 is 1.79 bits per heavy atom. The van der Waals surface area contributed by atoms with Gasteiger partial charge in [0.25, 0.3) is 0 Å². The van der Waals surface area contributed by atoms with Crippen LogP contribution in [0.5, 0.6) is 23.0 Å². The Morgan fingerprint density at radius 1 is 0.667 bits per heavy atom. The molecule has 1 aliphatic rings. The molecular weight excluding hydrogens is 412 g/mol. The monoisotopic (exact) mass is 454 g/mol. The molecule has 1 aliphatic heterocycles. The lowest BCUT2D eigenvalue weighted by molar-refractivity contribution is 0.174. The number of methoxy groups -OCH3 is 2. The predicted molar refractivity (Wildman–Crippen MR) is 140 cm³/mol. The summed E-state index contributed by atoms with van der Waals surface area (Å²) in [5.74, 6) is 3.59. The molecule has 0 aromatic heterocycles. The van der Waals surface area contributed by atoms with Crippen LogP contribution in [-0.4, -0.2) is 21.0 Å². The van der Waals surface area contributed by atoms with Crippen LogP contribution in [0.25, 0.3) is 0 Å². The van der Waals surface area contributed by atoms with Crippen LogP contribution >= 0.6 is 0 Å². The lowest BCUT2D eigenvalue weighted by Gasteiger charge is -1.97. The fraction of sp³-hybridized carbons (Fsp3) is 0.379. The SMILES string of the molecule is CC.CC.CCc1ccc2c(c1)OCO2.COc1ccc(C)cc1.COc1cccc(C)c1. The Labute approximate surface area is 201 Å². The van der Waals surface area contributed by atoms with Crippen molar-refractivity contribution in [2.24, 2.45) is 0 Å². The summed E-state index contributed by atoms with van der Waals surface area (Å²) in [6.07, 6.45) is 1.04. The van der Waals surface area contributed by atoms with E-state index in [1.165, 1.54) is 16.7 Å². The second-order valence-electron chi connectivity index (χ2n) is 6.58. The Kier molecular flexibility index (Phi) is 16.7. The number of fused-ring (bicyclic) bond motifs is 1. The van der Waals surface area contributed by atoms with Crippen LogP contribution in [0.2, 0.25) is 0 Å². The van der Waals surface area contributed by atoms with E-state index in [4.69, 9.17) is 18.9 Å². The van der Waals surface area contributed by atoms with Crippen molar-refractivity contribution in [1.29, 1.82) is 0 Å². The number of hydrogen-bond donors (Lipinski definition) is 0. The summed E-state index contributed by atoms with van der Waals surface area (Å²) in [5.41, 5.74) is 3.78. The molecule has 4 heteroatoms. The summed E-state index contributed by atoms with van der Waals surface area (Å²) in [7, 11) is 3.35. The highest BCUT2D eigenvalue weighted by molar-refractivity contribution is 5.44. The van der Waals surface area contributed by atoms with Gasteiger partial charge in [0, 0.05) is 0 Å². The Balaban J connectivity index is 0.000000435. The van der Waals surface area contributed by atoms with Gasteiger partial charge in [0.2, 0.25) is 6.79 Å². The van der Waals surface area contributed by atoms with Crippen LogP contribution in [0.1, 0.15) is 51.3 Å². The van der Waals surface area contributed by atoms with Crippen LogP contribution < -0.4 is 18.9 Å². The molecule has 0 fully saturated rings. The normalized spacial score (nSPS) is 9.85. The van der Waals surface area contributed by atoms with E-state index in [1.807, 2.05) is 95.3 Å². The number of ether oxygens (including phenoxy) is 4. The van der Waals surface area contributed by atoms with Gasteiger partial charge < -0.3 is 18.9 Å². The lowest BCUT2D eigenvalue weighted by Crippen LogP contribution is -1.92. The third kappa shape index (κ3) is 11.9. The van der Waals surface area contributed by atoms with Crippen molar-refractivity contribution >= 4 is 0 Å². The average Bonchev–Trinajstić information content (AvgIpc) is 3.35. The zero-order valence-corrected chi connectivity index (χ0v) is 21.9. The molecule has 0 bridgehead atoms. The quantitative estimate of drug-likeness (QED) is 0.401. The Bertz CT molecular complexity index is 873. The lowest BCUT2D eigenvalue weighted by atomic mass is 10.1. The minimum absolute atomic E-state index is 0.364. The van der Waals surface area contributed by atoms with E-state index >= 15 is 0 Å². The van der Waals surface area contributed by atoms with Gasteiger partial charge >= 0.3 is 0 Å². The van der Waals surface area contributed by atoms with Gasteiger partial charge in [0.1, 0.15) is 11.5 Å². The van der Waals surface area contributed by atoms with E-state index in [2.05, 4.69) is 19.9 Å². The molecule has 0 saturated heterocycles. The molecule has 0 saturated carbocycles. The van der Waals surface area contributed by atoms with Crippen molar-refractivity contribution in [1.82, 2.24) is 0 Å². The average molecular weight is 455 g/mol. The fourth-order valence-electron chi connectivity index (χ4n) is 2.58. The first-order valence-corrected chi connectivity index (χ1v) is 11.7. The number of hydrogen-bond acceptors (Lipinski definition) is 4. The fourth-order valence-corrected chi connectivity index (χ4v) is 2.58. The molecule has 0 unspecified atom stereocenters. The van der Waals surface area contributed by atoms with Gasteiger partial charge in [-0.2, -0.15) is 0 Å². The van der Waals surface area contributed by atoms with Gasteiger partial charge in [-0.1, -0.05) is 70.5 Å². The summed E-state index contributed by atoms with van der Waals surface area (Å²) in [6, 6.07) is 22.0. The van der Waals surface area contributed by atoms with Gasteiger partial charge in [-0.15, -0.1) is 0 Å². The number of aryl methyl sites for hydroxylation is 3. The number of benzene rings is 3. The third-order valence-corrected chi connectivity index (χ3v) is 4.33. The van der Waals surface area contributed by atoms with Gasteiger partial charge in [0.15, 0.2) is 11.5 Å². The molecule has 0 amide bonds. The zero-order chi connectivity index (χ0) is 25.1. The highest BCUT2D eigenvalue weighted by atomic mass is 16.7. The maximum absolute atomic E-state index is 5.22. The van der Waals surface area contributed by atoms with E-state index in [0.717, 1.165) is 29.4 Å². The topological polar surface area (TPSA) is 36.9 Å². The van der Waals surface area contributed by atoms with E-state index in [9.17, 15) is 0 Å². The predicted octanol–water partition coefficient (Wildman–Crippen LogP) is 8.04. The van der Waals surface area contributed by atoms with Crippen LogP contribution in [0.15, 0.2) is 66.7 Å². The maximum Gasteiger partial charge on any atom is 0.231 e. The van der Waals surface area contributed by atoms with Crippen molar-refractivity contribution in [2.75, 3.05) is 21.0 Å². The summed E-state index contributed by atoms with van der Waals surface area (Å²) in [6.45, 7) is 14.6. The molecule has 1 heterocycles. The highest BCUT2D eigenvalue weighted by Crippen LogP contribution is 2.32. The molecule has 33 heavy (non-hydrogen) atoms. The van der Waals surface area contributed by atoms with Gasteiger partial charge in [-0.05, 0) is 67.8 Å². The highest BCUT2D eigenvalue weighted by Gasteiger charge is 2.11. The Hall–Kier alpha value is -3.14. The molecular formula is C29H42O4. The standard InChI is InChI=1S/C9H10O2.2C8H10O.2C2H6/c1-2-7-3-4-8-9(5-7)11-6-10-8;1-7-3-5-8(9-2)6-4-7;1-7-4-3-5-8(6-7)9-2;2*1-2/h3-5H,2,6H2,1H3;2*3-6H,1-2H3;2*1-2H3. The summed E-state index contributed by atoms with van der Waals surface area (Å²) < 4.78 is 20.4. The van der Waals surface area contributed by atoms with E-state index in [0.29, 0.717) is 6.79 Å². The molecule has 3 aromatic carbocycles. The van der Waals surface area contributed by atoms with Crippen LogP contribution in [-0.2, 0) is 6.42 Å². The first-order valence-electron chi connectivity index (χ1n) is 11.7. The zero-order valence-electron chi connectivity index (χ0n) is 21.9. The first kappa shape index (κ1) is 29.9. The smallest absolute Gasteiger partial charge is 0.231 e. The van der Waals surface area contributed by atoms with Crippen molar-refractivity contribution in [3.63, 3.8) is 0 Å². The second kappa shape index (κ2) is 18.4. The molecule has 0 aliphatic carbocycles. The van der Waals surface area contributed by atoms with Crippen molar-refractivity contribution in [2.45, 2.75) is 54.9 Å². The molecule has 4 nitrogen and oxygen atoms in total. The van der Waals surface area contributed by atoms with Crippen LogP contribution in [0, 0.1) is 13.8 Å². The molecule has 4 rings (SSSR count). The van der Waals surface area contributed by atoms with E-state index in [-0.39, 0.29) is 0 Å². The van der Waals surface area contributed by atoms with Gasteiger partial charge in [-0.25, -0.2) is 0 Å². The molecule has 182 valence electrons. The minimum Gasteiger partial charge on any atom is -0.497 e. The van der Waals surface area contributed by atoms with Crippen LogP contribution in [0.3, 0.4) is 0 Å². The number of rotatable bonds is 3. The molecule has 0 N–H and O–H groups in total. The molecule has 0 atom stereocenters. The van der Waals surface area contributed by atoms with E-state index < -0.39 is 0 Å². The largest absolute Gasteiger partial charge is 0.497 e. The van der Waals surface area contributed by atoms with Crippen molar-refractivity contribution in [3.8, 4) is 23.0 Å². The minimum atomic E-state index is 0.364. The van der Waals surface area contributed by atoms with Crippen LogP contribution in [0.4, 0.5) is 0 Å². The summed E-state index contributed by atoms with van der Waals surface area (Å²) >= 11 is 0. The molecule has 3 aromatic rings. The molecule has 0 spiro atoms. The summed E-state index contributed by atoms with van der Waals surface area (Å²) in [5, 5.41) is 0. The second-order valence-corrected chi connectivity index (χ2v) is 6.58. The maximum atomic E-state index is 5.22. The van der Waals surface area contributed by atoms with Crippen molar-refractivity contribution in [3.05, 3.63) is 83.4 Å². The van der Waals surface area contributed by atoms with Gasteiger partial charge in [-0.3, -0.25) is 0 Å². The van der Waals surface area contributed by atoms with Gasteiger partial charge in [0.05, 0.1) is 14.2 Å². The van der Waals surface area contributed by atoms with E-state index in [1.54, 1.807) is 14.2 Å². The Morgan fingerprint density at radius 2 is 1.27 bits per heavy atom. The first-order chi connectivity index (χ1) is 16.0. The summed E-state index contributed by atoms with van der Waals surface area (Å²) in [4.78, 5) is 0.